The van der Waals surface area contributed by atoms with Crippen molar-refractivity contribution in [3.63, 3.8) is 0 Å². The van der Waals surface area contributed by atoms with Gasteiger partial charge in [0.25, 0.3) is 0 Å². The fourth-order valence-corrected chi connectivity index (χ4v) is 2.16. The highest BCUT2D eigenvalue weighted by Gasteiger charge is 2.45. The minimum atomic E-state index is -4.44. The van der Waals surface area contributed by atoms with Gasteiger partial charge in [-0.1, -0.05) is 13.8 Å². The Morgan fingerprint density at radius 1 is 1.42 bits per heavy atom. The lowest BCUT2D eigenvalue weighted by Gasteiger charge is -2.21. The molecule has 1 fully saturated rings. The van der Waals surface area contributed by atoms with E-state index < -0.39 is 11.9 Å². The molecule has 0 radical (unpaired) electrons. The molecule has 0 saturated heterocycles. The molecule has 0 atom stereocenters. The molecule has 6 heteroatoms. The summed E-state index contributed by atoms with van der Waals surface area (Å²) in [5.74, 6) is 0.505. The number of nitrogens with two attached hydrogens (primary N) is 1. The molecule has 0 aliphatic heterocycles. The first-order chi connectivity index (χ1) is 8.74. The Morgan fingerprint density at radius 2 is 2.05 bits per heavy atom. The second-order valence-corrected chi connectivity index (χ2v) is 5.53. The van der Waals surface area contributed by atoms with Gasteiger partial charge in [-0.05, 0) is 30.2 Å². The number of nitrogens with one attached hydrogen (secondary N) is 1. The Hall–Kier alpha value is -1.46. The van der Waals surface area contributed by atoms with E-state index in [9.17, 15) is 13.2 Å². The molecule has 1 saturated carbocycles. The van der Waals surface area contributed by atoms with Crippen LogP contribution >= 0.6 is 0 Å². The molecule has 0 aromatic carbocycles. The molecule has 0 amide bonds. The minimum absolute atomic E-state index is 0.202. The number of alkyl halides is 3. The summed E-state index contributed by atoms with van der Waals surface area (Å²) in [6.45, 7) is 4.91. The molecule has 1 heterocycles. The third kappa shape index (κ3) is 2.93. The van der Waals surface area contributed by atoms with Gasteiger partial charge in [0.2, 0.25) is 0 Å². The molecule has 1 aliphatic carbocycles. The molecule has 0 unspecified atom stereocenters. The van der Waals surface area contributed by atoms with Crippen LogP contribution in [0.2, 0.25) is 0 Å². The highest BCUT2D eigenvalue weighted by molar-refractivity contribution is 5.65. The van der Waals surface area contributed by atoms with E-state index in [1.807, 2.05) is 0 Å². The molecule has 3 N–H and O–H groups in total. The van der Waals surface area contributed by atoms with E-state index >= 15 is 0 Å². The third-order valence-corrected chi connectivity index (χ3v) is 3.97. The van der Waals surface area contributed by atoms with Gasteiger partial charge in [0.05, 0.1) is 17.6 Å². The maximum atomic E-state index is 12.6. The van der Waals surface area contributed by atoms with Crippen molar-refractivity contribution in [1.29, 1.82) is 0 Å². The molecule has 1 aromatic heterocycles. The van der Waals surface area contributed by atoms with Crippen molar-refractivity contribution in [3.05, 3.63) is 18.0 Å². The first-order valence-corrected chi connectivity index (χ1v) is 6.31. The SMILES string of the molecule is CC(C)C1(CNc2cc(C(F)(F)F)ncc2N)CC1. The van der Waals surface area contributed by atoms with E-state index in [1.54, 1.807) is 0 Å². The first kappa shape index (κ1) is 14.0. The van der Waals surface area contributed by atoms with Crippen molar-refractivity contribution in [1.82, 2.24) is 4.98 Å². The summed E-state index contributed by atoms with van der Waals surface area (Å²) in [6, 6.07) is 0.978. The Balaban J connectivity index is 2.12. The minimum Gasteiger partial charge on any atom is -0.396 e. The van der Waals surface area contributed by atoms with Crippen LogP contribution in [0.3, 0.4) is 0 Å². The van der Waals surface area contributed by atoms with Gasteiger partial charge < -0.3 is 11.1 Å². The predicted octanol–water partition coefficient (Wildman–Crippen LogP) is 3.53. The fourth-order valence-electron chi connectivity index (χ4n) is 2.16. The zero-order valence-corrected chi connectivity index (χ0v) is 11.0. The average molecular weight is 273 g/mol. The van der Waals surface area contributed by atoms with Crippen LogP contribution in [0.4, 0.5) is 24.5 Å². The third-order valence-electron chi connectivity index (χ3n) is 3.97. The highest BCUT2D eigenvalue weighted by Crippen LogP contribution is 2.51. The van der Waals surface area contributed by atoms with Crippen LogP contribution < -0.4 is 11.1 Å². The van der Waals surface area contributed by atoms with Gasteiger partial charge in [0.15, 0.2) is 0 Å². The smallest absolute Gasteiger partial charge is 0.396 e. The summed E-state index contributed by atoms with van der Waals surface area (Å²) in [4.78, 5) is 3.32. The number of halogens is 3. The number of nitrogens with zero attached hydrogens (tertiary/aromatic N) is 1. The van der Waals surface area contributed by atoms with Crippen LogP contribution in [-0.2, 0) is 6.18 Å². The maximum Gasteiger partial charge on any atom is 0.433 e. The van der Waals surface area contributed by atoms with Crippen molar-refractivity contribution in [2.24, 2.45) is 11.3 Å². The van der Waals surface area contributed by atoms with Gasteiger partial charge in [-0.2, -0.15) is 13.2 Å². The van der Waals surface area contributed by atoms with Crippen molar-refractivity contribution in [3.8, 4) is 0 Å². The lowest BCUT2D eigenvalue weighted by molar-refractivity contribution is -0.141. The Labute approximate surface area is 110 Å². The van der Waals surface area contributed by atoms with Gasteiger partial charge >= 0.3 is 6.18 Å². The molecule has 0 spiro atoms. The molecule has 0 bridgehead atoms. The van der Waals surface area contributed by atoms with Crippen LogP contribution in [-0.4, -0.2) is 11.5 Å². The largest absolute Gasteiger partial charge is 0.433 e. The highest BCUT2D eigenvalue weighted by atomic mass is 19.4. The number of nitrogen functional groups attached to an aromatic ring is 1. The standard InChI is InChI=1S/C13H18F3N3/c1-8(2)12(3-4-12)7-19-10-5-11(13(14,15)16)18-6-9(10)17/h5-6,8H,3-4,7,17H2,1-2H3,(H,18,19). The summed E-state index contributed by atoms with van der Waals surface area (Å²) >= 11 is 0. The molecular weight excluding hydrogens is 255 g/mol. The summed E-state index contributed by atoms with van der Waals surface area (Å²) < 4.78 is 37.7. The van der Waals surface area contributed by atoms with Gasteiger partial charge in [0.1, 0.15) is 5.69 Å². The number of aromatic nitrogens is 1. The summed E-state index contributed by atoms with van der Waals surface area (Å²) in [5, 5.41) is 3.04. The second kappa shape index (κ2) is 4.58. The van der Waals surface area contributed by atoms with Gasteiger partial charge in [-0.3, -0.25) is 0 Å². The molecular formula is C13H18F3N3. The lowest BCUT2D eigenvalue weighted by atomic mass is 9.92. The molecule has 106 valence electrons. The fraction of sp³-hybridized carbons (Fsp3) is 0.615. The lowest BCUT2D eigenvalue weighted by Crippen LogP contribution is -2.21. The van der Waals surface area contributed by atoms with Gasteiger partial charge in [0, 0.05) is 6.54 Å². The summed E-state index contributed by atoms with van der Waals surface area (Å²) in [7, 11) is 0. The molecule has 1 aliphatic rings. The Morgan fingerprint density at radius 3 is 2.53 bits per heavy atom. The topological polar surface area (TPSA) is 50.9 Å². The predicted molar refractivity (Wildman–Crippen MR) is 68.6 cm³/mol. The first-order valence-electron chi connectivity index (χ1n) is 6.31. The zero-order valence-electron chi connectivity index (χ0n) is 11.0. The molecule has 3 nitrogen and oxygen atoms in total. The quantitative estimate of drug-likeness (QED) is 0.882. The number of pyridine rings is 1. The van der Waals surface area contributed by atoms with Crippen LogP contribution in [0.1, 0.15) is 32.4 Å². The van der Waals surface area contributed by atoms with Crippen LogP contribution in [0.15, 0.2) is 12.3 Å². The number of anilines is 2. The van der Waals surface area contributed by atoms with E-state index in [0.717, 1.165) is 25.1 Å². The van der Waals surface area contributed by atoms with E-state index in [2.05, 4.69) is 24.1 Å². The van der Waals surface area contributed by atoms with E-state index in [0.29, 0.717) is 18.2 Å². The summed E-state index contributed by atoms with van der Waals surface area (Å²) in [6.07, 6.45) is -1.18. The van der Waals surface area contributed by atoms with Gasteiger partial charge in [-0.25, -0.2) is 4.98 Å². The molecule has 19 heavy (non-hydrogen) atoms. The normalized spacial score (nSPS) is 17.6. The van der Waals surface area contributed by atoms with Crippen LogP contribution in [0.5, 0.6) is 0 Å². The van der Waals surface area contributed by atoms with Crippen molar-refractivity contribution < 1.29 is 13.2 Å². The average Bonchev–Trinajstić information content (AvgIpc) is 3.07. The van der Waals surface area contributed by atoms with Gasteiger partial charge in [-0.15, -0.1) is 0 Å². The van der Waals surface area contributed by atoms with Crippen LogP contribution in [0.25, 0.3) is 0 Å². The van der Waals surface area contributed by atoms with Crippen molar-refractivity contribution in [2.45, 2.75) is 32.9 Å². The Kier molecular flexibility index (Phi) is 3.36. The molecule has 2 rings (SSSR count). The van der Waals surface area contributed by atoms with Crippen LogP contribution in [0, 0.1) is 11.3 Å². The Bertz CT molecular complexity index is 465. The van der Waals surface area contributed by atoms with Crippen molar-refractivity contribution >= 4 is 11.4 Å². The maximum absolute atomic E-state index is 12.6. The van der Waals surface area contributed by atoms with Crippen molar-refractivity contribution in [2.75, 3.05) is 17.6 Å². The van der Waals surface area contributed by atoms with E-state index in [1.165, 1.54) is 0 Å². The summed E-state index contributed by atoms with van der Waals surface area (Å²) in [5.41, 5.74) is 5.51. The zero-order chi connectivity index (χ0) is 14.3. The number of hydrogen-bond acceptors (Lipinski definition) is 3. The van der Waals surface area contributed by atoms with E-state index in [-0.39, 0.29) is 11.1 Å². The number of hydrogen-bond donors (Lipinski definition) is 2. The van der Waals surface area contributed by atoms with E-state index in [4.69, 9.17) is 5.73 Å². The molecule has 1 aromatic rings. The second-order valence-electron chi connectivity index (χ2n) is 5.53. The number of rotatable bonds is 4. The monoisotopic (exact) mass is 273 g/mol.